The number of nitrogens with one attached hydrogen (secondary N) is 1. The Morgan fingerprint density at radius 1 is 1.08 bits per heavy atom. The van der Waals surface area contributed by atoms with Crippen LogP contribution in [0.5, 0.6) is 0 Å². The number of fused-ring (bicyclic) bond motifs is 1. The summed E-state index contributed by atoms with van der Waals surface area (Å²) in [6.45, 7) is 8.39. The first kappa shape index (κ1) is 35.8. The Labute approximate surface area is 287 Å². The summed E-state index contributed by atoms with van der Waals surface area (Å²) in [5.41, 5.74) is 0.509. The maximum atomic E-state index is 14.0. The third-order valence-electron chi connectivity index (χ3n) is 7.85. The number of rotatable bonds is 10. The van der Waals surface area contributed by atoms with Crippen molar-refractivity contribution >= 4 is 50.8 Å². The number of aromatic nitrogens is 4. The minimum atomic E-state index is -4.09. The zero-order chi connectivity index (χ0) is 35.7. The molecule has 0 radical (unpaired) electrons. The molecule has 1 aliphatic heterocycles. The van der Waals surface area contributed by atoms with Crippen molar-refractivity contribution in [2.45, 2.75) is 74.9 Å². The van der Waals surface area contributed by atoms with Crippen LogP contribution >= 0.6 is 11.8 Å². The molecule has 0 spiro atoms. The highest BCUT2D eigenvalue weighted by Gasteiger charge is 2.51. The van der Waals surface area contributed by atoms with Crippen LogP contribution < -0.4 is 11.0 Å². The molecule has 14 nitrogen and oxygen atoms in total. The summed E-state index contributed by atoms with van der Waals surface area (Å²) in [7, 11) is -2.85. The lowest BCUT2D eigenvalue weighted by Gasteiger charge is -2.32. The minimum Gasteiger partial charge on any atom is -0.468 e. The fourth-order valence-corrected chi connectivity index (χ4v) is 8.65. The maximum absolute atomic E-state index is 14.0. The van der Waals surface area contributed by atoms with Gasteiger partial charge < -0.3 is 14.8 Å². The Bertz CT molecular complexity index is 2040. The van der Waals surface area contributed by atoms with Gasteiger partial charge in [-0.25, -0.2) is 27.6 Å². The van der Waals surface area contributed by atoms with E-state index in [1.165, 1.54) is 58.7 Å². The summed E-state index contributed by atoms with van der Waals surface area (Å²) in [6, 6.07) is 10.7. The van der Waals surface area contributed by atoms with Crippen molar-refractivity contribution in [3.63, 3.8) is 0 Å². The van der Waals surface area contributed by atoms with Crippen LogP contribution in [-0.4, -0.2) is 85.1 Å². The quantitative estimate of drug-likeness (QED) is 0.240. The van der Waals surface area contributed by atoms with Crippen LogP contribution in [0.15, 0.2) is 76.8 Å². The lowest BCUT2D eigenvalue weighted by Crippen LogP contribution is -2.57. The Kier molecular flexibility index (Phi) is 10.0. The van der Waals surface area contributed by atoms with Gasteiger partial charge in [-0.1, -0.05) is 12.1 Å². The molecule has 1 fully saturated rings. The monoisotopic (exact) mass is 710 g/mol. The number of pyridine rings is 2. The number of amides is 1. The fourth-order valence-electron chi connectivity index (χ4n) is 5.52. The summed E-state index contributed by atoms with van der Waals surface area (Å²) in [4.78, 5) is 61.2. The number of carbonyl (C=O) groups is 3. The fraction of sp³-hybridized carbons (Fsp3) is 0.394. The molecule has 1 N–H and O–H groups in total. The Morgan fingerprint density at radius 2 is 1.78 bits per heavy atom. The molecule has 4 aromatic rings. The van der Waals surface area contributed by atoms with Crippen LogP contribution in [-0.2, 0) is 46.8 Å². The van der Waals surface area contributed by atoms with E-state index in [-0.39, 0.29) is 23.7 Å². The molecule has 1 aromatic carbocycles. The molecule has 0 saturated carbocycles. The molecular formula is C33H38N6O8S2. The number of imidazole rings is 1. The summed E-state index contributed by atoms with van der Waals surface area (Å²) in [5, 5.41) is 2.78. The predicted molar refractivity (Wildman–Crippen MR) is 182 cm³/mol. The van der Waals surface area contributed by atoms with Crippen LogP contribution in [0, 0.1) is 0 Å². The smallest absolute Gasteiger partial charge is 0.335 e. The number of nitrogens with zero attached hydrogens (tertiary/aromatic N) is 5. The SMILES string of the molecule is COC(=O)Cn1c(=O)n(-c2ccc(C[C@@H](NC(=O)[C@@H]3N(S(=O)(=O)c4cccnc4)CSC3(C)C)C(=O)OC(C)(C)C)cc2)c2ncccc21. The van der Waals surface area contributed by atoms with Crippen molar-refractivity contribution in [2.75, 3.05) is 13.0 Å². The Hall–Kier alpha value is -4.54. The van der Waals surface area contributed by atoms with E-state index in [1.54, 1.807) is 71.0 Å². The van der Waals surface area contributed by atoms with Gasteiger partial charge >= 0.3 is 17.6 Å². The molecule has 0 bridgehead atoms. The molecule has 5 rings (SSSR count). The molecule has 2 atom stereocenters. The van der Waals surface area contributed by atoms with Crippen molar-refractivity contribution in [3.8, 4) is 5.69 Å². The van der Waals surface area contributed by atoms with E-state index in [0.717, 1.165) is 4.31 Å². The topological polar surface area (TPSA) is 172 Å². The summed E-state index contributed by atoms with van der Waals surface area (Å²) < 4.78 is 40.6. The van der Waals surface area contributed by atoms with Gasteiger partial charge in [0.1, 0.15) is 29.1 Å². The molecule has 3 aromatic heterocycles. The number of thioether (sulfide) groups is 1. The molecule has 16 heteroatoms. The zero-order valence-electron chi connectivity index (χ0n) is 27.9. The number of esters is 2. The van der Waals surface area contributed by atoms with Gasteiger partial charge in [-0.05, 0) is 76.6 Å². The highest BCUT2D eigenvalue weighted by molar-refractivity contribution is 8.02. The van der Waals surface area contributed by atoms with Crippen molar-refractivity contribution < 1.29 is 32.3 Å². The average molecular weight is 711 g/mol. The largest absolute Gasteiger partial charge is 0.468 e. The van der Waals surface area contributed by atoms with Gasteiger partial charge in [0, 0.05) is 29.8 Å². The number of ether oxygens (including phenoxy) is 2. The number of benzene rings is 1. The zero-order valence-corrected chi connectivity index (χ0v) is 29.6. The van der Waals surface area contributed by atoms with E-state index in [9.17, 15) is 27.6 Å². The first-order valence-corrected chi connectivity index (χ1v) is 17.8. The summed E-state index contributed by atoms with van der Waals surface area (Å²) >= 11 is 1.31. The van der Waals surface area contributed by atoms with Gasteiger partial charge in [-0.2, -0.15) is 4.31 Å². The number of methoxy groups -OCH3 is 1. The van der Waals surface area contributed by atoms with Crippen LogP contribution in [0.4, 0.5) is 0 Å². The van der Waals surface area contributed by atoms with Crippen molar-refractivity contribution in [1.29, 1.82) is 0 Å². The molecule has 0 unspecified atom stereocenters. The van der Waals surface area contributed by atoms with Gasteiger partial charge in [-0.15, -0.1) is 11.8 Å². The van der Waals surface area contributed by atoms with E-state index < -0.39 is 56.0 Å². The van der Waals surface area contributed by atoms with Crippen LogP contribution in [0.2, 0.25) is 0 Å². The van der Waals surface area contributed by atoms with Crippen molar-refractivity contribution in [2.24, 2.45) is 0 Å². The summed E-state index contributed by atoms with van der Waals surface area (Å²) in [6.07, 6.45) is 4.24. The molecule has 1 saturated heterocycles. The van der Waals surface area contributed by atoms with E-state index >= 15 is 0 Å². The third kappa shape index (κ3) is 7.55. The van der Waals surface area contributed by atoms with E-state index in [1.807, 2.05) is 0 Å². The standard InChI is InChI=1S/C33H38N6O8S2/c1-32(2,3)47-30(42)24(36-29(41)27-33(4,5)48-20-38(27)49(44,45)23-9-7-15-34-18-23)17-21-11-13-22(14-12-21)39-28-25(10-8-16-35-28)37(31(39)43)19-26(40)46-6/h7-16,18,24,27H,17,19-20H2,1-6H3,(H,36,41)/t24-,27+/m1/s1. The molecule has 260 valence electrons. The van der Waals surface area contributed by atoms with Gasteiger partial charge in [0.25, 0.3) is 0 Å². The molecule has 4 heterocycles. The second-order valence-electron chi connectivity index (χ2n) is 13.0. The molecule has 1 aliphatic rings. The number of hydrogen-bond acceptors (Lipinski definition) is 11. The Morgan fingerprint density at radius 3 is 2.41 bits per heavy atom. The molecule has 0 aliphatic carbocycles. The Balaban J connectivity index is 1.44. The second kappa shape index (κ2) is 13.8. The van der Waals surface area contributed by atoms with E-state index in [0.29, 0.717) is 22.4 Å². The number of carbonyl (C=O) groups excluding carboxylic acids is 3. The van der Waals surface area contributed by atoms with Crippen LogP contribution in [0.25, 0.3) is 16.9 Å². The lowest BCUT2D eigenvalue weighted by atomic mass is 10.0. The first-order valence-electron chi connectivity index (χ1n) is 15.3. The molecule has 49 heavy (non-hydrogen) atoms. The lowest BCUT2D eigenvalue weighted by molar-refractivity contribution is -0.158. The van der Waals surface area contributed by atoms with Gasteiger partial charge in [0.2, 0.25) is 15.9 Å². The van der Waals surface area contributed by atoms with Gasteiger partial charge in [-0.3, -0.25) is 19.1 Å². The van der Waals surface area contributed by atoms with E-state index in [4.69, 9.17) is 9.47 Å². The average Bonchev–Trinajstić information content (AvgIpc) is 3.53. The van der Waals surface area contributed by atoms with E-state index in [2.05, 4.69) is 15.3 Å². The number of hydrogen-bond donors (Lipinski definition) is 1. The minimum absolute atomic E-state index is 0.00777. The van der Waals surface area contributed by atoms with Crippen LogP contribution in [0.3, 0.4) is 0 Å². The third-order valence-corrected chi connectivity index (χ3v) is 11.2. The van der Waals surface area contributed by atoms with Crippen LogP contribution in [0.1, 0.15) is 40.2 Å². The number of sulfonamides is 1. The van der Waals surface area contributed by atoms with Gasteiger partial charge in [0.05, 0.1) is 24.2 Å². The van der Waals surface area contributed by atoms with Crippen molar-refractivity contribution in [3.05, 3.63) is 83.2 Å². The van der Waals surface area contributed by atoms with Gasteiger partial charge in [0.15, 0.2) is 5.65 Å². The highest BCUT2D eigenvalue weighted by atomic mass is 32.2. The maximum Gasteiger partial charge on any atom is 0.335 e. The highest BCUT2D eigenvalue weighted by Crippen LogP contribution is 2.42. The molecule has 1 amide bonds. The normalized spacial score (nSPS) is 17.1. The first-order chi connectivity index (χ1) is 23.0. The summed E-state index contributed by atoms with van der Waals surface area (Å²) in [5.74, 6) is -1.90. The second-order valence-corrected chi connectivity index (χ2v) is 16.4. The molecular weight excluding hydrogens is 673 g/mol. The van der Waals surface area contributed by atoms with Crippen molar-refractivity contribution in [1.82, 2.24) is 28.7 Å². The predicted octanol–water partition coefficient (Wildman–Crippen LogP) is 2.67.